The number of nitrogens with zero attached hydrogens (tertiary/aromatic N) is 3. The molecule has 29 heavy (non-hydrogen) atoms. The summed E-state index contributed by atoms with van der Waals surface area (Å²) in [7, 11) is -3.33. The van der Waals surface area contributed by atoms with Crippen molar-refractivity contribution in [2.45, 2.75) is 63.8 Å². The highest BCUT2D eigenvalue weighted by molar-refractivity contribution is 7.88. The number of aromatic amines is 1. The molecule has 160 valence electrons. The third-order valence-corrected chi connectivity index (χ3v) is 7.94. The quantitative estimate of drug-likeness (QED) is 0.772. The summed E-state index contributed by atoms with van der Waals surface area (Å²) in [6, 6.07) is 0. The van der Waals surface area contributed by atoms with Crippen molar-refractivity contribution in [2.24, 2.45) is 5.92 Å². The maximum absolute atomic E-state index is 12.6. The monoisotopic (exact) mass is 422 g/mol. The van der Waals surface area contributed by atoms with Crippen LogP contribution in [0, 0.1) is 5.92 Å². The van der Waals surface area contributed by atoms with Gasteiger partial charge in [0, 0.05) is 44.9 Å². The normalized spacial score (nSPS) is 23.5. The fourth-order valence-corrected chi connectivity index (χ4v) is 5.68. The number of sulfonamides is 1. The third-order valence-electron chi connectivity index (χ3n) is 6.69. The first-order valence-corrected chi connectivity index (χ1v) is 12.5. The Morgan fingerprint density at radius 2 is 1.97 bits per heavy atom. The van der Waals surface area contributed by atoms with Crippen molar-refractivity contribution in [2.75, 3.05) is 25.9 Å². The zero-order valence-electron chi connectivity index (χ0n) is 17.0. The number of H-pyrrole nitrogens is 1. The molecule has 1 saturated heterocycles. The molecule has 0 radical (unpaired) electrons. The molecule has 2 fully saturated rings. The molecule has 4 rings (SSSR count). The van der Waals surface area contributed by atoms with Crippen molar-refractivity contribution >= 4 is 15.9 Å². The first-order chi connectivity index (χ1) is 13.8. The Balaban J connectivity index is 1.40. The van der Waals surface area contributed by atoms with Crippen LogP contribution in [0.25, 0.3) is 0 Å². The van der Waals surface area contributed by atoms with Crippen molar-refractivity contribution in [3.05, 3.63) is 27.4 Å². The highest BCUT2D eigenvalue weighted by Gasteiger charge is 2.32. The largest absolute Gasteiger partial charge is 0.342 e. The summed E-state index contributed by atoms with van der Waals surface area (Å²) < 4.78 is 24.9. The fourth-order valence-electron chi connectivity index (χ4n) is 4.89. The Hall–Kier alpha value is -1.74. The van der Waals surface area contributed by atoms with Gasteiger partial charge in [-0.15, -0.1) is 0 Å². The summed E-state index contributed by atoms with van der Waals surface area (Å²) >= 11 is 0. The van der Waals surface area contributed by atoms with Crippen LogP contribution in [0.1, 0.15) is 67.9 Å². The highest BCUT2D eigenvalue weighted by atomic mass is 32.2. The molecule has 1 aromatic heterocycles. The molecule has 1 aromatic rings. The lowest BCUT2D eigenvalue weighted by atomic mass is 10.0. The lowest BCUT2D eigenvalue weighted by molar-refractivity contribution is -0.130. The van der Waals surface area contributed by atoms with E-state index in [1.807, 2.05) is 4.90 Å². The van der Waals surface area contributed by atoms with Crippen molar-refractivity contribution in [1.29, 1.82) is 0 Å². The number of carbonyl (C=O) groups excluding carboxylic acids is 1. The molecule has 1 saturated carbocycles. The fraction of sp³-hybridized carbons (Fsp3) is 0.750. The number of rotatable bonds is 5. The zero-order chi connectivity index (χ0) is 20.6. The average Bonchev–Trinajstić information content (AvgIpc) is 3.37. The van der Waals surface area contributed by atoms with Crippen LogP contribution >= 0.6 is 0 Å². The van der Waals surface area contributed by atoms with Gasteiger partial charge in [-0.3, -0.25) is 9.59 Å². The van der Waals surface area contributed by atoms with Gasteiger partial charge in [-0.05, 0) is 18.8 Å². The number of carbonyl (C=O) groups is 1. The van der Waals surface area contributed by atoms with Gasteiger partial charge in [0.15, 0.2) is 0 Å². The van der Waals surface area contributed by atoms with E-state index in [1.165, 1.54) is 30.0 Å². The molecule has 3 aliphatic rings. The maximum atomic E-state index is 12.6. The molecule has 0 spiro atoms. The molecule has 1 amide bonds. The topological polar surface area (TPSA) is 103 Å². The number of hydrogen-bond donors (Lipinski definition) is 1. The number of amides is 1. The molecule has 1 atom stereocenters. The van der Waals surface area contributed by atoms with Gasteiger partial charge in [0.05, 0.1) is 17.5 Å². The zero-order valence-corrected chi connectivity index (χ0v) is 17.8. The first-order valence-electron chi connectivity index (χ1n) is 10.7. The van der Waals surface area contributed by atoms with Gasteiger partial charge in [-0.1, -0.05) is 25.7 Å². The van der Waals surface area contributed by atoms with Gasteiger partial charge in [-0.25, -0.2) is 13.4 Å². The molecule has 3 heterocycles. The minimum atomic E-state index is -3.33. The summed E-state index contributed by atoms with van der Waals surface area (Å²) in [5.74, 6) is 1.59. The predicted octanol–water partition coefficient (Wildman–Crippen LogP) is 1.37. The van der Waals surface area contributed by atoms with Gasteiger partial charge in [0.2, 0.25) is 15.9 Å². The third kappa shape index (κ3) is 4.55. The smallest absolute Gasteiger partial charge is 0.255 e. The molecule has 0 aromatic carbocycles. The Morgan fingerprint density at radius 1 is 1.21 bits per heavy atom. The van der Waals surface area contributed by atoms with E-state index in [4.69, 9.17) is 0 Å². The second kappa shape index (κ2) is 8.18. The van der Waals surface area contributed by atoms with Crippen LogP contribution in [-0.2, 0) is 27.8 Å². The van der Waals surface area contributed by atoms with E-state index in [2.05, 4.69) is 9.97 Å². The second-order valence-corrected chi connectivity index (χ2v) is 10.7. The van der Waals surface area contributed by atoms with Crippen LogP contribution in [0.4, 0.5) is 0 Å². The van der Waals surface area contributed by atoms with Crippen LogP contribution < -0.4 is 5.56 Å². The molecule has 8 nitrogen and oxygen atoms in total. The molecule has 9 heteroatoms. The molecule has 0 bridgehead atoms. The number of hydrogen-bond acceptors (Lipinski definition) is 5. The van der Waals surface area contributed by atoms with Crippen molar-refractivity contribution < 1.29 is 13.2 Å². The summed E-state index contributed by atoms with van der Waals surface area (Å²) in [4.78, 5) is 34.6. The lowest BCUT2D eigenvalue weighted by Gasteiger charge is -2.26. The maximum Gasteiger partial charge on any atom is 0.255 e. The van der Waals surface area contributed by atoms with Crippen molar-refractivity contribution in [1.82, 2.24) is 19.2 Å². The van der Waals surface area contributed by atoms with Crippen LogP contribution in [-0.4, -0.2) is 59.4 Å². The SMILES string of the molecule is CS(=O)(=O)N1CCc2nc([C@H]3CCN(C(=O)CCC4CCCC4)C3)[nH]c(=O)c2C1. The Bertz CT molecular complexity index is 936. The summed E-state index contributed by atoms with van der Waals surface area (Å²) in [5.41, 5.74) is 0.868. The van der Waals surface area contributed by atoms with E-state index in [9.17, 15) is 18.0 Å². The minimum absolute atomic E-state index is 0.0383. The molecule has 2 aliphatic heterocycles. The first kappa shape index (κ1) is 20.5. The van der Waals surface area contributed by atoms with E-state index in [1.54, 1.807) is 0 Å². The molecular weight excluding hydrogens is 392 g/mol. The van der Waals surface area contributed by atoms with Gasteiger partial charge >= 0.3 is 0 Å². The van der Waals surface area contributed by atoms with Gasteiger partial charge in [0.1, 0.15) is 5.82 Å². The van der Waals surface area contributed by atoms with E-state index in [-0.39, 0.29) is 23.9 Å². The molecule has 1 N–H and O–H groups in total. The van der Waals surface area contributed by atoms with Gasteiger partial charge in [0.25, 0.3) is 5.56 Å². The van der Waals surface area contributed by atoms with Crippen LogP contribution in [0.3, 0.4) is 0 Å². The lowest BCUT2D eigenvalue weighted by Crippen LogP contribution is -2.39. The van der Waals surface area contributed by atoms with Crippen LogP contribution in [0.15, 0.2) is 4.79 Å². The van der Waals surface area contributed by atoms with E-state index < -0.39 is 10.0 Å². The number of fused-ring (bicyclic) bond motifs is 1. The predicted molar refractivity (Wildman–Crippen MR) is 109 cm³/mol. The Labute approximate surface area is 171 Å². The summed E-state index contributed by atoms with van der Waals surface area (Å²) in [6.07, 6.45) is 9.11. The van der Waals surface area contributed by atoms with Gasteiger partial charge in [-0.2, -0.15) is 4.31 Å². The molecule has 1 aliphatic carbocycles. The molecular formula is C20H30N4O4S. The number of nitrogens with one attached hydrogen (secondary N) is 1. The highest BCUT2D eigenvalue weighted by Crippen LogP contribution is 2.30. The van der Waals surface area contributed by atoms with E-state index in [0.29, 0.717) is 55.5 Å². The van der Waals surface area contributed by atoms with E-state index in [0.717, 1.165) is 19.1 Å². The van der Waals surface area contributed by atoms with Crippen molar-refractivity contribution in [3.63, 3.8) is 0 Å². The Morgan fingerprint density at radius 3 is 2.69 bits per heavy atom. The minimum Gasteiger partial charge on any atom is -0.342 e. The second-order valence-electron chi connectivity index (χ2n) is 8.74. The standard InChI is InChI=1S/C20H30N4O4S/c1-29(27,28)24-11-9-17-16(13-24)20(26)22-19(21-17)15-8-10-23(12-15)18(25)7-6-14-4-2-3-5-14/h14-15H,2-13H2,1H3,(H,21,22,26)/t15-/m0/s1. The Kier molecular flexibility index (Phi) is 5.79. The summed E-state index contributed by atoms with van der Waals surface area (Å²) in [5, 5.41) is 0. The number of aromatic nitrogens is 2. The number of likely N-dealkylation sites (tertiary alicyclic amines) is 1. The molecule has 0 unspecified atom stereocenters. The average molecular weight is 423 g/mol. The van der Waals surface area contributed by atoms with Gasteiger partial charge < -0.3 is 9.88 Å². The summed E-state index contributed by atoms with van der Waals surface area (Å²) in [6.45, 7) is 1.73. The van der Waals surface area contributed by atoms with Crippen LogP contribution in [0.2, 0.25) is 0 Å². The van der Waals surface area contributed by atoms with Crippen molar-refractivity contribution in [3.8, 4) is 0 Å². The van der Waals surface area contributed by atoms with E-state index >= 15 is 0 Å². The van der Waals surface area contributed by atoms with Crippen LogP contribution in [0.5, 0.6) is 0 Å².